The van der Waals surface area contributed by atoms with Crippen molar-refractivity contribution in [1.29, 1.82) is 0 Å². The number of piperazine rings is 1. The van der Waals surface area contributed by atoms with Crippen molar-refractivity contribution >= 4 is 16.6 Å². The van der Waals surface area contributed by atoms with Crippen LogP contribution in [0, 0.1) is 12.7 Å². The zero-order valence-electron chi connectivity index (χ0n) is 20.5. The number of para-hydroxylation sites is 1. The summed E-state index contributed by atoms with van der Waals surface area (Å²) >= 11 is 0. The van der Waals surface area contributed by atoms with Crippen molar-refractivity contribution in [3.8, 4) is 0 Å². The van der Waals surface area contributed by atoms with Crippen LogP contribution in [0.3, 0.4) is 0 Å². The Hall–Kier alpha value is -3.59. The van der Waals surface area contributed by atoms with Crippen molar-refractivity contribution in [2.24, 2.45) is 0 Å². The number of aromatic nitrogens is 5. The molecule has 4 aromatic rings. The predicted octanol–water partition coefficient (Wildman–Crippen LogP) is 3.63. The maximum absolute atomic E-state index is 14.4. The number of hydrogen-bond donors (Lipinski definition) is 1. The third-order valence-electron chi connectivity index (χ3n) is 6.57. The van der Waals surface area contributed by atoms with E-state index < -0.39 is 6.04 Å². The van der Waals surface area contributed by atoms with Crippen LogP contribution in [0.5, 0.6) is 0 Å². The van der Waals surface area contributed by atoms with Crippen LogP contribution in [0.4, 0.5) is 10.1 Å². The Morgan fingerprint density at radius 1 is 1.03 bits per heavy atom. The van der Waals surface area contributed by atoms with E-state index in [0.29, 0.717) is 43.3 Å². The highest BCUT2D eigenvalue weighted by Gasteiger charge is 2.35. The number of rotatable bonds is 4. The lowest BCUT2D eigenvalue weighted by atomic mass is 10.0. The highest BCUT2D eigenvalue weighted by Crippen LogP contribution is 2.31. The molecule has 2 aromatic carbocycles. The van der Waals surface area contributed by atoms with E-state index in [1.54, 1.807) is 16.8 Å². The fourth-order valence-electron chi connectivity index (χ4n) is 4.81. The lowest BCUT2D eigenvalue weighted by Gasteiger charge is -2.40. The average molecular weight is 476 g/mol. The molecule has 0 spiro atoms. The third-order valence-corrected chi connectivity index (χ3v) is 6.57. The number of anilines is 1. The van der Waals surface area contributed by atoms with E-state index in [-0.39, 0.29) is 16.9 Å². The molecular formula is C26H30FN7O. The topological polar surface area (TPSA) is 82.9 Å². The molecule has 2 aromatic heterocycles. The Labute approximate surface area is 203 Å². The number of pyridine rings is 1. The number of nitrogens with zero attached hydrogens (tertiary/aromatic N) is 6. The predicted molar refractivity (Wildman–Crippen MR) is 134 cm³/mol. The van der Waals surface area contributed by atoms with Gasteiger partial charge in [0.05, 0.1) is 11.2 Å². The van der Waals surface area contributed by atoms with Crippen molar-refractivity contribution in [2.45, 2.75) is 39.3 Å². The van der Waals surface area contributed by atoms with Crippen LogP contribution in [0.2, 0.25) is 0 Å². The largest absolute Gasteiger partial charge is 0.367 e. The van der Waals surface area contributed by atoms with Gasteiger partial charge in [-0.05, 0) is 73.3 Å². The second kappa shape index (κ2) is 8.88. The Morgan fingerprint density at radius 2 is 1.77 bits per heavy atom. The number of tetrazole rings is 1. The summed E-state index contributed by atoms with van der Waals surface area (Å²) in [6.45, 7) is 10.6. The van der Waals surface area contributed by atoms with Gasteiger partial charge < -0.3 is 9.88 Å². The van der Waals surface area contributed by atoms with Gasteiger partial charge in [-0.3, -0.25) is 9.69 Å². The highest BCUT2D eigenvalue weighted by atomic mass is 19.1. The summed E-state index contributed by atoms with van der Waals surface area (Å²) in [5.41, 5.74) is 2.55. The molecule has 1 atom stereocenters. The van der Waals surface area contributed by atoms with E-state index >= 15 is 0 Å². The van der Waals surface area contributed by atoms with Crippen molar-refractivity contribution in [2.75, 3.05) is 31.1 Å². The van der Waals surface area contributed by atoms with E-state index in [0.717, 1.165) is 16.5 Å². The fourth-order valence-corrected chi connectivity index (χ4v) is 4.81. The summed E-state index contributed by atoms with van der Waals surface area (Å²) in [4.78, 5) is 20.7. The molecule has 1 fully saturated rings. The zero-order valence-corrected chi connectivity index (χ0v) is 20.5. The molecule has 1 aliphatic heterocycles. The van der Waals surface area contributed by atoms with E-state index in [4.69, 9.17) is 0 Å². The van der Waals surface area contributed by atoms with Crippen molar-refractivity contribution in [1.82, 2.24) is 30.1 Å². The fraction of sp³-hybridized carbons (Fsp3) is 0.385. The van der Waals surface area contributed by atoms with Gasteiger partial charge in [0.25, 0.3) is 5.56 Å². The quantitative estimate of drug-likeness (QED) is 0.485. The number of H-pyrrole nitrogens is 1. The van der Waals surface area contributed by atoms with E-state index in [1.807, 2.05) is 62.9 Å². The van der Waals surface area contributed by atoms with E-state index in [9.17, 15) is 9.18 Å². The number of hydrogen-bond acceptors (Lipinski definition) is 6. The van der Waals surface area contributed by atoms with Gasteiger partial charge >= 0.3 is 0 Å². The molecule has 1 unspecified atom stereocenters. The molecule has 0 saturated carbocycles. The first-order chi connectivity index (χ1) is 16.7. The minimum Gasteiger partial charge on any atom is -0.367 e. The molecule has 1 aliphatic rings. The Morgan fingerprint density at radius 3 is 2.49 bits per heavy atom. The molecule has 1 N–H and O–H groups in total. The van der Waals surface area contributed by atoms with Crippen LogP contribution in [-0.4, -0.2) is 56.3 Å². The summed E-state index contributed by atoms with van der Waals surface area (Å²) in [5.74, 6) is 0.393. The molecule has 0 aliphatic carbocycles. The van der Waals surface area contributed by atoms with Crippen molar-refractivity contribution in [3.63, 3.8) is 0 Å². The second-order valence-corrected chi connectivity index (χ2v) is 10.1. The van der Waals surface area contributed by atoms with Crippen LogP contribution < -0.4 is 10.5 Å². The molecule has 35 heavy (non-hydrogen) atoms. The SMILES string of the molecule is Cc1ccc2cc(C(c3nnnn3C(C)(C)C)N3CCN(c4ccccc4F)CC3)c(=O)[nH]c2c1. The Bertz CT molecular complexity index is 1410. The Balaban J connectivity index is 1.56. The third kappa shape index (κ3) is 4.43. The minimum atomic E-state index is -0.443. The van der Waals surface area contributed by atoms with Gasteiger partial charge in [-0.15, -0.1) is 5.10 Å². The first-order valence-electron chi connectivity index (χ1n) is 11.9. The first-order valence-corrected chi connectivity index (χ1v) is 11.9. The van der Waals surface area contributed by atoms with Gasteiger partial charge in [-0.25, -0.2) is 9.07 Å². The molecular weight excluding hydrogens is 445 g/mol. The summed E-state index contributed by atoms with van der Waals surface area (Å²) < 4.78 is 16.2. The number of benzene rings is 2. The summed E-state index contributed by atoms with van der Waals surface area (Å²) in [6, 6.07) is 14.4. The second-order valence-electron chi connectivity index (χ2n) is 10.1. The molecule has 0 bridgehead atoms. The van der Waals surface area contributed by atoms with Crippen LogP contribution in [0.25, 0.3) is 10.9 Å². The van der Waals surface area contributed by atoms with Crippen LogP contribution >= 0.6 is 0 Å². The molecule has 0 radical (unpaired) electrons. The number of fused-ring (bicyclic) bond motifs is 1. The molecule has 8 nitrogen and oxygen atoms in total. The van der Waals surface area contributed by atoms with Gasteiger partial charge in [0.15, 0.2) is 5.82 Å². The van der Waals surface area contributed by atoms with Gasteiger partial charge in [-0.1, -0.05) is 24.3 Å². The van der Waals surface area contributed by atoms with E-state index in [2.05, 4.69) is 25.4 Å². The Kier molecular flexibility index (Phi) is 5.88. The van der Waals surface area contributed by atoms with Crippen molar-refractivity contribution < 1.29 is 4.39 Å². The van der Waals surface area contributed by atoms with Gasteiger partial charge in [-0.2, -0.15) is 0 Å². The average Bonchev–Trinajstić information content (AvgIpc) is 3.31. The minimum absolute atomic E-state index is 0.159. The summed E-state index contributed by atoms with van der Waals surface area (Å²) in [5, 5.41) is 13.6. The molecule has 182 valence electrons. The van der Waals surface area contributed by atoms with Crippen LogP contribution in [0.1, 0.15) is 43.8 Å². The van der Waals surface area contributed by atoms with Crippen molar-refractivity contribution in [3.05, 3.63) is 81.7 Å². The number of aromatic amines is 1. The van der Waals surface area contributed by atoms with Gasteiger partial charge in [0.1, 0.15) is 11.9 Å². The van der Waals surface area contributed by atoms with Gasteiger partial charge in [0.2, 0.25) is 0 Å². The number of aryl methyl sites for hydroxylation is 1. The lowest BCUT2D eigenvalue weighted by Crippen LogP contribution is -2.49. The maximum atomic E-state index is 14.4. The standard InChI is InChI=1S/C26H30FN7O/c1-17-9-10-18-16-19(25(35)28-21(18)15-17)23(24-29-30-31-34(24)26(2,3)4)33-13-11-32(12-14-33)22-8-6-5-7-20(22)27/h5-10,15-16,23H,11-14H2,1-4H3,(H,28,35). The molecule has 0 amide bonds. The van der Waals surface area contributed by atoms with Crippen LogP contribution in [-0.2, 0) is 5.54 Å². The summed E-state index contributed by atoms with van der Waals surface area (Å²) in [6.07, 6.45) is 0. The molecule has 5 rings (SSSR count). The monoisotopic (exact) mass is 475 g/mol. The number of halogens is 1. The first kappa shape index (κ1) is 23.2. The van der Waals surface area contributed by atoms with Crippen LogP contribution in [0.15, 0.2) is 53.3 Å². The van der Waals surface area contributed by atoms with E-state index in [1.165, 1.54) is 6.07 Å². The normalized spacial score (nSPS) is 16.1. The smallest absolute Gasteiger partial charge is 0.253 e. The summed E-state index contributed by atoms with van der Waals surface area (Å²) in [7, 11) is 0. The molecule has 1 saturated heterocycles. The maximum Gasteiger partial charge on any atom is 0.253 e. The zero-order chi connectivity index (χ0) is 24.7. The lowest BCUT2D eigenvalue weighted by molar-refractivity contribution is 0.190. The van der Waals surface area contributed by atoms with Gasteiger partial charge in [0, 0.05) is 37.3 Å². The molecule has 9 heteroatoms. The molecule has 3 heterocycles. The highest BCUT2D eigenvalue weighted by molar-refractivity contribution is 5.79. The number of nitrogens with one attached hydrogen (secondary N) is 1.